The van der Waals surface area contributed by atoms with Crippen LogP contribution in [0.25, 0.3) is 0 Å². The first-order valence-electron chi connectivity index (χ1n) is 4.56. The van der Waals surface area contributed by atoms with Crippen molar-refractivity contribution in [3.05, 3.63) is 0 Å². The van der Waals surface area contributed by atoms with Crippen LogP contribution in [0.15, 0.2) is 0 Å². The monoisotopic (exact) mass is 154 g/mol. The van der Waals surface area contributed by atoms with Crippen LogP contribution in [0.5, 0.6) is 0 Å². The summed E-state index contributed by atoms with van der Waals surface area (Å²) >= 11 is 0. The molecule has 2 aliphatic heterocycles. The van der Waals surface area contributed by atoms with Gasteiger partial charge in [0.2, 0.25) is 0 Å². The van der Waals surface area contributed by atoms with Crippen LogP contribution in [0.2, 0.25) is 0 Å². The Morgan fingerprint density at radius 1 is 1.09 bits per heavy atom. The SMILES string of the molecule is CC(C)(C)N1CC(N2CC2)C1. The fourth-order valence-corrected chi connectivity index (χ4v) is 1.66. The second-order valence-electron chi connectivity index (χ2n) is 4.77. The van der Waals surface area contributed by atoms with E-state index in [9.17, 15) is 0 Å². The van der Waals surface area contributed by atoms with Gasteiger partial charge in [-0.25, -0.2) is 0 Å². The molecule has 0 aromatic heterocycles. The first-order valence-corrected chi connectivity index (χ1v) is 4.56. The average Bonchev–Trinajstić information content (AvgIpc) is 2.38. The van der Waals surface area contributed by atoms with Crippen molar-refractivity contribution in [1.29, 1.82) is 0 Å². The molecule has 0 spiro atoms. The third-order valence-electron chi connectivity index (χ3n) is 2.81. The number of hydrogen-bond donors (Lipinski definition) is 0. The third kappa shape index (κ3) is 1.42. The minimum atomic E-state index is 0.395. The molecule has 2 aliphatic rings. The van der Waals surface area contributed by atoms with Crippen LogP contribution in [0.3, 0.4) is 0 Å². The molecule has 11 heavy (non-hydrogen) atoms. The summed E-state index contributed by atoms with van der Waals surface area (Å²) in [7, 11) is 0. The first kappa shape index (κ1) is 7.56. The van der Waals surface area contributed by atoms with Gasteiger partial charge in [-0.3, -0.25) is 9.80 Å². The Balaban J connectivity index is 1.78. The lowest BCUT2D eigenvalue weighted by molar-refractivity contribution is 0.0131. The summed E-state index contributed by atoms with van der Waals surface area (Å²) in [5.74, 6) is 0. The van der Waals surface area contributed by atoms with Crippen molar-refractivity contribution in [2.24, 2.45) is 0 Å². The molecule has 0 aromatic carbocycles. The van der Waals surface area contributed by atoms with Gasteiger partial charge in [-0.15, -0.1) is 0 Å². The van der Waals surface area contributed by atoms with E-state index in [0.717, 1.165) is 6.04 Å². The lowest BCUT2D eigenvalue weighted by Gasteiger charge is -2.48. The zero-order valence-electron chi connectivity index (χ0n) is 7.80. The molecule has 2 saturated heterocycles. The number of likely N-dealkylation sites (tertiary alicyclic amines) is 1. The van der Waals surface area contributed by atoms with Crippen molar-refractivity contribution in [2.45, 2.75) is 32.4 Å². The van der Waals surface area contributed by atoms with Crippen LogP contribution in [0, 0.1) is 0 Å². The zero-order chi connectivity index (χ0) is 8.06. The Morgan fingerprint density at radius 3 is 2.00 bits per heavy atom. The number of nitrogens with zero attached hydrogens (tertiary/aromatic N) is 2. The quantitative estimate of drug-likeness (QED) is 0.515. The minimum absolute atomic E-state index is 0.395. The van der Waals surface area contributed by atoms with Crippen LogP contribution in [0.1, 0.15) is 20.8 Å². The summed E-state index contributed by atoms with van der Waals surface area (Å²) in [6, 6.07) is 0.897. The highest BCUT2D eigenvalue weighted by Crippen LogP contribution is 2.26. The van der Waals surface area contributed by atoms with E-state index in [-0.39, 0.29) is 0 Å². The van der Waals surface area contributed by atoms with Gasteiger partial charge in [0.1, 0.15) is 0 Å². The van der Waals surface area contributed by atoms with Crippen molar-refractivity contribution in [3.8, 4) is 0 Å². The molecule has 2 nitrogen and oxygen atoms in total. The van der Waals surface area contributed by atoms with E-state index in [1.165, 1.54) is 26.2 Å². The van der Waals surface area contributed by atoms with Crippen LogP contribution in [0.4, 0.5) is 0 Å². The van der Waals surface area contributed by atoms with Gasteiger partial charge in [-0.1, -0.05) is 0 Å². The highest BCUT2D eigenvalue weighted by atomic mass is 15.4. The highest BCUT2D eigenvalue weighted by Gasteiger charge is 2.40. The van der Waals surface area contributed by atoms with Crippen LogP contribution in [-0.4, -0.2) is 47.6 Å². The highest BCUT2D eigenvalue weighted by molar-refractivity contribution is 4.97. The summed E-state index contributed by atoms with van der Waals surface area (Å²) in [4.78, 5) is 5.11. The predicted molar refractivity (Wildman–Crippen MR) is 46.7 cm³/mol. The molecule has 0 aliphatic carbocycles. The Hall–Kier alpha value is -0.0800. The second kappa shape index (κ2) is 2.20. The molecule has 0 amide bonds. The average molecular weight is 154 g/mol. The smallest absolute Gasteiger partial charge is 0.0351 e. The molecule has 2 rings (SSSR count). The molecule has 0 unspecified atom stereocenters. The predicted octanol–water partition coefficient (Wildman–Crippen LogP) is 0.785. The second-order valence-corrected chi connectivity index (χ2v) is 4.77. The Labute approximate surface area is 69.2 Å². The normalized spacial score (nSPS) is 28.6. The maximum absolute atomic E-state index is 2.56. The summed E-state index contributed by atoms with van der Waals surface area (Å²) < 4.78 is 0. The molecule has 0 atom stereocenters. The number of rotatable bonds is 1. The largest absolute Gasteiger partial charge is 0.295 e. The molecule has 2 fully saturated rings. The standard InChI is InChI=1S/C9H18N2/c1-9(2,3)11-6-8(7-11)10-4-5-10/h8H,4-7H2,1-3H3. The van der Waals surface area contributed by atoms with Gasteiger partial charge in [0.15, 0.2) is 0 Å². The van der Waals surface area contributed by atoms with Gasteiger partial charge >= 0.3 is 0 Å². The minimum Gasteiger partial charge on any atom is -0.295 e. The molecule has 0 aromatic rings. The fourth-order valence-electron chi connectivity index (χ4n) is 1.66. The van der Waals surface area contributed by atoms with Gasteiger partial charge in [0, 0.05) is 37.8 Å². The van der Waals surface area contributed by atoms with Crippen molar-refractivity contribution >= 4 is 0 Å². The molecule has 0 N–H and O–H groups in total. The Morgan fingerprint density at radius 2 is 1.64 bits per heavy atom. The van der Waals surface area contributed by atoms with Crippen LogP contribution >= 0.6 is 0 Å². The van der Waals surface area contributed by atoms with Crippen molar-refractivity contribution in [1.82, 2.24) is 9.80 Å². The summed E-state index contributed by atoms with van der Waals surface area (Å²) in [6.45, 7) is 12.2. The lowest BCUT2D eigenvalue weighted by Crippen LogP contribution is -2.61. The van der Waals surface area contributed by atoms with Crippen LogP contribution < -0.4 is 0 Å². The zero-order valence-corrected chi connectivity index (χ0v) is 7.80. The van der Waals surface area contributed by atoms with Gasteiger partial charge in [-0.2, -0.15) is 0 Å². The Bertz CT molecular complexity index is 149. The topological polar surface area (TPSA) is 6.25 Å². The van der Waals surface area contributed by atoms with Crippen molar-refractivity contribution in [3.63, 3.8) is 0 Å². The molecule has 0 radical (unpaired) electrons. The summed E-state index contributed by atoms with van der Waals surface area (Å²) in [5.41, 5.74) is 0.395. The van der Waals surface area contributed by atoms with E-state index in [1.54, 1.807) is 0 Å². The first-order chi connectivity index (χ1) is 5.07. The van der Waals surface area contributed by atoms with Crippen LogP contribution in [-0.2, 0) is 0 Å². The lowest BCUT2D eigenvalue weighted by atomic mass is 9.98. The van der Waals surface area contributed by atoms with Gasteiger partial charge in [-0.05, 0) is 20.8 Å². The van der Waals surface area contributed by atoms with Crippen molar-refractivity contribution in [2.75, 3.05) is 26.2 Å². The van der Waals surface area contributed by atoms with E-state index in [0.29, 0.717) is 5.54 Å². The van der Waals surface area contributed by atoms with Gasteiger partial charge in [0.25, 0.3) is 0 Å². The molecular formula is C9H18N2. The number of hydrogen-bond acceptors (Lipinski definition) is 2. The molecule has 0 saturated carbocycles. The van der Waals surface area contributed by atoms with Gasteiger partial charge < -0.3 is 0 Å². The Kier molecular flexibility index (Phi) is 1.52. The van der Waals surface area contributed by atoms with Gasteiger partial charge in [0.05, 0.1) is 0 Å². The van der Waals surface area contributed by atoms with Crippen molar-refractivity contribution < 1.29 is 0 Å². The van der Waals surface area contributed by atoms with E-state index in [4.69, 9.17) is 0 Å². The van der Waals surface area contributed by atoms with E-state index in [2.05, 4.69) is 30.6 Å². The molecule has 2 heterocycles. The summed E-state index contributed by atoms with van der Waals surface area (Å²) in [6.07, 6.45) is 0. The summed E-state index contributed by atoms with van der Waals surface area (Å²) in [5, 5.41) is 0. The maximum Gasteiger partial charge on any atom is 0.0351 e. The fraction of sp³-hybridized carbons (Fsp3) is 1.00. The molecule has 0 bridgehead atoms. The maximum atomic E-state index is 2.56. The van der Waals surface area contributed by atoms with E-state index in [1.807, 2.05) is 0 Å². The molecule has 2 heteroatoms. The van der Waals surface area contributed by atoms with E-state index < -0.39 is 0 Å². The van der Waals surface area contributed by atoms with E-state index >= 15 is 0 Å². The third-order valence-corrected chi connectivity index (χ3v) is 2.81. The molecular weight excluding hydrogens is 136 g/mol. The molecule has 64 valence electrons.